The zero-order valence-corrected chi connectivity index (χ0v) is 23.2. The summed E-state index contributed by atoms with van der Waals surface area (Å²) in [5, 5.41) is 12.5. The maximum absolute atomic E-state index is 15.7. The zero-order chi connectivity index (χ0) is 28.0. The monoisotopic (exact) mass is 544 g/mol. The number of nitrogens with zero attached hydrogens (tertiary/aromatic N) is 1. The van der Waals surface area contributed by atoms with E-state index in [1.807, 2.05) is 0 Å². The first-order valence-electron chi connectivity index (χ1n) is 13.7. The minimum atomic E-state index is -1.58. The lowest BCUT2D eigenvalue weighted by atomic mass is 9.78. The van der Waals surface area contributed by atoms with Crippen LogP contribution >= 0.6 is 0 Å². The fourth-order valence-electron chi connectivity index (χ4n) is 5.88. The summed E-state index contributed by atoms with van der Waals surface area (Å²) in [6, 6.07) is 9.90. The third-order valence-electron chi connectivity index (χ3n) is 8.01. The highest BCUT2D eigenvalue weighted by Gasteiger charge is 2.45. The lowest BCUT2D eigenvalue weighted by Gasteiger charge is -2.43. The van der Waals surface area contributed by atoms with E-state index in [1.54, 1.807) is 42.3 Å². The number of ether oxygens (including phenoxy) is 4. The first-order chi connectivity index (χ1) is 18.8. The number of hydrogen-bond donors (Lipinski definition) is 2. The molecule has 2 fully saturated rings. The second-order valence-corrected chi connectivity index (χ2v) is 10.6. The van der Waals surface area contributed by atoms with Crippen molar-refractivity contribution in [1.29, 1.82) is 0 Å². The van der Waals surface area contributed by atoms with Gasteiger partial charge in [-0.15, -0.1) is 0 Å². The fraction of sp³-hybridized carbons (Fsp3) is 0.567. The van der Waals surface area contributed by atoms with Gasteiger partial charge >= 0.3 is 0 Å². The number of morpholine rings is 1. The number of rotatable bonds is 11. The first-order valence-corrected chi connectivity index (χ1v) is 13.7. The average Bonchev–Trinajstić information content (AvgIpc) is 3.40. The van der Waals surface area contributed by atoms with Gasteiger partial charge in [-0.1, -0.05) is 12.1 Å². The molecule has 3 N–H and O–H groups in total. The molecule has 0 aromatic heterocycles. The van der Waals surface area contributed by atoms with Crippen molar-refractivity contribution in [3.05, 3.63) is 47.8 Å². The van der Waals surface area contributed by atoms with E-state index in [1.165, 1.54) is 20.3 Å². The van der Waals surface area contributed by atoms with Crippen LogP contribution in [0.1, 0.15) is 44.1 Å². The first kappa shape index (κ1) is 29.3. The van der Waals surface area contributed by atoms with E-state index in [4.69, 9.17) is 24.7 Å². The molecule has 1 amide bonds. The van der Waals surface area contributed by atoms with Crippen LogP contribution in [0.5, 0.6) is 11.5 Å². The number of unbranched alkanes of at least 4 members (excludes halogenated alkanes) is 1. The summed E-state index contributed by atoms with van der Waals surface area (Å²) in [7, 11) is 4.70. The highest BCUT2D eigenvalue weighted by molar-refractivity contribution is 5.79. The van der Waals surface area contributed by atoms with Crippen molar-refractivity contribution >= 4 is 5.91 Å². The summed E-state index contributed by atoms with van der Waals surface area (Å²) in [5.74, 6) is 0.463. The molecule has 9 heteroatoms. The summed E-state index contributed by atoms with van der Waals surface area (Å²) in [4.78, 5) is 15.1. The number of methoxy groups -OCH3 is 3. The molecule has 2 aromatic rings. The summed E-state index contributed by atoms with van der Waals surface area (Å²) in [5.41, 5.74) is 5.66. The van der Waals surface area contributed by atoms with Crippen LogP contribution in [-0.2, 0) is 19.9 Å². The third kappa shape index (κ3) is 6.54. The molecule has 2 aliphatic rings. The van der Waals surface area contributed by atoms with Gasteiger partial charge in [-0.05, 0) is 67.9 Å². The number of aliphatic hydroxyl groups is 1. The number of nitrogens with two attached hydrogens (primary N) is 1. The Morgan fingerprint density at radius 2 is 1.90 bits per heavy atom. The summed E-state index contributed by atoms with van der Waals surface area (Å²) in [6.45, 7) is 1.48. The molecule has 0 spiro atoms. The second kappa shape index (κ2) is 13.1. The molecule has 0 bridgehead atoms. The van der Waals surface area contributed by atoms with Gasteiger partial charge in [0.15, 0.2) is 0 Å². The average molecular weight is 545 g/mol. The smallest absolute Gasteiger partial charge is 0.225 e. The molecular weight excluding hydrogens is 503 g/mol. The lowest BCUT2D eigenvalue weighted by molar-refractivity contribution is -0.167. The van der Waals surface area contributed by atoms with Gasteiger partial charge in [-0.25, -0.2) is 4.39 Å². The van der Waals surface area contributed by atoms with Crippen molar-refractivity contribution in [2.24, 2.45) is 11.7 Å². The number of halogens is 1. The van der Waals surface area contributed by atoms with E-state index in [0.29, 0.717) is 61.5 Å². The second-order valence-electron chi connectivity index (χ2n) is 10.6. The molecule has 1 heterocycles. The van der Waals surface area contributed by atoms with Crippen LogP contribution in [0, 0.1) is 11.7 Å². The molecule has 1 saturated heterocycles. The zero-order valence-electron chi connectivity index (χ0n) is 23.2. The molecular formula is C30H41FN2O6. The topological polar surface area (TPSA) is 103 Å². The Morgan fingerprint density at radius 3 is 2.54 bits per heavy atom. The van der Waals surface area contributed by atoms with Gasteiger partial charge in [0, 0.05) is 43.9 Å². The maximum atomic E-state index is 15.7. The van der Waals surface area contributed by atoms with Crippen LogP contribution in [0.4, 0.5) is 4.39 Å². The predicted octanol–water partition coefficient (Wildman–Crippen LogP) is 3.87. The minimum absolute atomic E-state index is 0.0446. The van der Waals surface area contributed by atoms with Crippen LogP contribution < -0.4 is 15.2 Å². The Kier molecular flexibility index (Phi) is 9.82. The van der Waals surface area contributed by atoms with Gasteiger partial charge in [0.25, 0.3) is 0 Å². The van der Waals surface area contributed by atoms with Gasteiger partial charge < -0.3 is 34.7 Å². The van der Waals surface area contributed by atoms with Crippen molar-refractivity contribution in [2.75, 3.05) is 47.6 Å². The van der Waals surface area contributed by atoms with Crippen molar-refractivity contribution in [1.82, 2.24) is 4.90 Å². The van der Waals surface area contributed by atoms with Crippen LogP contribution in [0.2, 0.25) is 0 Å². The quantitative estimate of drug-likeness (QED) is 0.414. The van der Waals surface area contributed by atoms with E-state index in [0.717, 1.165) is 12.8 Å². The van der Waals surface area contributed by atoms with Gasteiger partial charge in [0.05, 0.1) is 27.4 Å². The summed E-state index contributed by atoms with van der Waals surface area (Å²) in [6.07, 6.45) is 3.17. The molecule has 214 valence electrons. The van der Waals surface area contributed by atoms with E-state index >= 15 is 4.39 Å². The molecule has 8 nitrogen and oxygen atoms in total. The largest absolute Gasteiger partial charge is 0.497 e. The van der Waals surface area contributed by atoms with E-state index in [9.17, 15) is 9.90 Å². The van der Waals surface area contributed by atoms with Crippen LogP contribution in [0.25, 0.3) is 11.1 Å². The molecule has 4 atom stereocenters. The Hall–Kier alpha value is -2.72. The maximum Gasteiger partial charge on any atom is 0.225 e. The SMILES string of the molecule is COCCCC[C@](O)(c1cccc(F)c1-c1cc(OC)cc(OC)c1)[C@H]1CN(C(=O)[C@@H]2CC[C@H](N)C2)CCO1. The summed E-state index contributed by atoms with van der Waals surface area (Å²) >= 11 is 0. The standard InChI is InChI=1S/C30H41FN2O6/c1-36-13-5-4-11-30(35,27-19-33(12-14-39-27)29(34)20-9-10-22(32)15-20)25-7-6-8-26(31)28(25)21-16-23(37-2)18-24(17-21)38-3/h6-8,16-18,20,22,27,35H,4-5,9-15,19,32H2,1-3H3/t20-,22+,27-,30+/m1/s1. The molecule has 1 saturated carbocycles. The third-order valence-corrected chi connectivity index (χ3v) is 8.01. The van der Waals surface area contributed by atoms with Gasteiger partial charge in [0.2, 0.25) is 5.91 Å². The van der Waals surface area contributed by atoms with Gasteiger partial charge in [0.1, 0.15) is 29.0 Å². The molecule has 1 aliphatic heterocycles. The van der Waals surface area contributed by atoms with Gasteiger partial charge in [-0.2, -0.15) is 0 Å². The molecule has 0 unspecified atom stereocenters. The molecule has 1 aliphatic carbocycles. The highest BCUT2D eigenvalue weighted by atomic mass is 19.1. The molecule has 39 heavy (non-hydrogen) atoms. The van der Waals surface area contributed by atoms with E-state index < -0.39 is 17.5 Å². The summed E-state index contributed by atoms with van der Waals surface area (Å²) < 4.78 is 37.9. The molecule has 2 aromatic carbocycles. The Balaban J connectivity index is 1.73. The molecule has 0 radical (unpaired) electrons. The normalized spacial score (nSPS) is 22.9. The predicted molar refractivity (Wildman–Crippen MR) is 146 cm³/mol. The van der Waals surface area contributed by atoms with Crippen molar-refractivity contribution in [2.45, 2.75) is 56.3 Å². The number of benzene rings is 2. The fourth-order valence-corrected chi connectivity index (χ4v) is 5.88. The lowest BCUT2D eigenvalue weighted by Crippen LogP contribution is -2.55. The van der Waals surface area contributed by atoms with Gasteiger partial charge in [-0.3, -0.25) is 4.79 Å². The Morgan fingerprint density at radius 1 is 1.15 bits per heavy atom. The highest BCUT2D eigenvalue weighted by Crippen LogP contribution is 2.43. The van der Waals surface area contributed by atoms with Crippen molar-refractivity contribution in [3.63, 3.8) is 0 Å². The van der Waals surface area contributed by atoms with Crippen LogP contribution in [0.3, 0.4) is 0 Å². The van der Waals surface area contributed by atoms with Crippen molar-refractivity contribution in [3.8, 4) is 22.6 Å². The van der Waals surface area contributed by atoms with E-state index in [-0.39, 0.29) is 36.6 Å². The van der Waals surface area contributed by atoms with Crippen LogP contribution in [-0.4, -0.2) is 75.7 Å². The number of hydrogen-bond acceptors (Lipinski definition) is 7. The number of carbonyl (C=O) groups excluding carboxylic acids is 1. The van der Waals surface area contributed by atoms with Crippen LogP contribution in [0.15, 0.2) is 36.4 Å². The van der Waals surface area contributed by atoms with E-state index in [2.05, 4.69) is 0 Å². The number of carbonyl (C=O) groups is 1. The Bertz CT molecular complexity index is 1110. The molecule has 4 rings (SSSR count). The Labute approximate surface area is 230 Å². The minimum Gasteiger partial charge on any atom is -0.497 e. The van der Waals surface area contributed by atoms with Crippen molar-refractivity contribution < 1.29 is 33.2 Å². The number of amides is 1.